The maximum absolute atomic E-state index is 13.3. The first kappa shape index (κ1) is 25.2. The molecular weight excluding hydrogens is 452 g/mol. The molecule has 0 spiro atoms. The molecule has 0 bridgehead atoms. The lowest BCUT2D eigenvalue weighted by Crippen LogP contribution is -2.29. The van der Waals surface area contributed by atoms with Gasteiger partial charge in [-0.25, -0.2) is 0 Å². The van der Waals surface area contributed by atoms with Gasteiger partial charge >= 0.3 is 0 Å². The topological polar surface area (TPSA) is 79.7 Å². The number of hydrogen-bond donors (Lipinski definition) is 1. The third-order valence-corrected chi connectivity index (χ3v) is 6.46. The lowest BCUT2D eigenvalue weighted by atomic mass is 9.92. The van der Waals surface area contributed by atoms with Crippen molar-refractivity contribution < 1.29 is 19.4 Å². The van der Waals surface area contributed by atoms with E-state index in [4.69, 9.17) is 4.74 Å². The van der Waals surface area contributed by atoms with E-state index in [9.17, 15) is 14.7 Å². The minimum absolute atomic E-state index is 0.0894. The van der Waals surface area contributed by atoms with Gasteiger partial charge in [0.05, 0.1) is 18.2 Å². The summed E-state index contributed by atoms with van der Waals surface area (Å²) < 4.78 is 5.71. The first-order valence-corrected chi connectivity index (χ1v) is 12.3. The summed E-state index contributed by atoms with van der Waals surface area (Å²) in [5.74, 6) is -0.473. The zero-order valence-corrected chi connectivity index (χ0v) is 21.2. The number of benzene rings is 2. The van der Waals surface area contributed by atoms with Gasteiger partial charge < -0.3 is 14.7 Å². The lowest BCUT2D eigenvalue weighted by Gasteiger charge is -2.26. The van der Waals surface area contributed by atoms with E-state index in [1.165, 1.54) is 4.90 Å². The number of rotatable bonds is 8. The van der Waals surface area contributed by atoms with Gasteiger partial charge in [-0.1, -0.05) is 51.1 Å². The molecule has 1 unspecified atom stereocenters. The minimum atomic E-state index is -0.721. The number of aromatic nitrogens is 1. The van der Waals surface area contributed by atoms with Crippen LogP contribution < -0.4 is 4.74 Å². The summed E-state index contributed by atoms with van der Waals surface area (Å²) in [6, 6.07) is 16.2. The predicted molar refractivity (Wildman–Crippen MR) is 140 cm³/mol. The average Bonchev–Trinajstić information content (AvgIpc) is 3.12. The highest BCUT2D eigenvalue weighted by Crippen LogP contribution is 2.41. The fraction of sp³-hybridized carbons (Fsp3) is 0.300. The number of hydrogen-bond acceptors (Lipinski definition) is 5. The number of aliphatic hydroxyl groups excluding tert-OH is 1. The molecule has 36 heavy (non-hydrogen) atoms. The van der Waals surface area contributed by atoms with Crippen LogP contribution >= 0.6 is 0 Å². The van der Waals surface area contributed by atoms with Crippen molar-refractivity contribution in [3.8, 4) is 5.75 Å². The van der Waals surface area contributed by atoms with Gasteiger partial charge in [0.15, 0.2) is 0 Å². The van der Waals surface area contributed by atoms with E-state index >= 15 is 0 Å². The van der Waals surface area contributed by atoms with Gasteiger partial charge in [0.2, 0.25) is 0 Å². The van der Waals surface area contributed by atoms with Crippen LogP contribution in [-0.4, -0.2) is 33.3 Å². The highest BCUT2D eigenvalue weighted by Gasteiger charge is 2.46. The molecule has 1 atom stereocenters. The summed E-state index contributed by atoms with van der Waals surface area (Å²) in [7, 11) is 0. The summed E-state index contributed by atoms with van der Waals surface area (Å²) in [6.45, 7) is 8.91. The van der Waals surface area contributed by atoms with Crippen LogP contribution in [-0.2, 0) is 16.1 Å². The molecule has 0 aliphatic carbocycles. The standard InChI is InChI=1S/C30H32N2O4/c1-5-15-36-24-12-13-25(20(4)16-24)28(33)26-27(23-10-8-22(9-11-23)19(2)3)32(30(35)29(26)34)18-21-7-6-14-31-17-21/h6-14,16-17,19,27,33H,5,15,18H2,1-4H3. The largest absolute Gasteiger partial charge is 0.507 e. The number of ketones is 1. The number of aryl methyl sites for hydroxylation is 1. The van der Waals surface area contributed by atoms with Crippen LogP contribution in [0.2, 0.25) is 0 Å². The van der Waals surface area contributed by atoms with E-state index in [-0.39, 0.29) is 17.9 Å². The number of Topliss-reactive ketones (excluding diaryl/α,β-unsaturated/α-hetero) is 1. The maximum Gasteiger partial charge on any atom is 0.295 e. The summed E-state index contributed by atoms with van der Waals surface area (Å²) in [4.78, 5) is 32.3. The Balaban J connectivity index is 1.82. The van der Waals surface area contributed by atoms with Crippen molar-refractivity contribution in [2.24, 2.45) is 0 Å². The zero-order valence-electron chi connectivity index (χ0n) is 21.2. The van der Waals surface area contributed by atoms with Crippen LogP contribution in [0.1, 0.15) is 67.0 Å². The van der Waals surface area contributed by atoms with Crippen LogP contribution in [0.15, 0.2) is 72.6 Å². The van der Waals surface area contributed by atoms with Gasteiger partial charge in [-0.3, -0.25) is 14.6 Å². The molecule has 1 fully saturated rings. The molecule has 1 saturated heterocycles. The fourth-order valence-corrected chi connectivity index (χ4v) is 4.50. The number of likely N-dealkylation sites (tertiary alicyclic amines) is 1. The van der Waals surface area contributed by atoms with Crippen molar-refractivity contribution in [1.82, 2.24) is 9.88 Å². The number of aliphatic hydroxyl groups is 1. The molecule has 3 aromatic rings. The van der Waals surface area contributed by atoms with Crippen molar-refractivity contribution in [3.05, 3.63) is 100 Å². The Labute approximate surface area is 212 Å². The van der Waals surface area contributed by atoms with Gasteiger partial charge in [0.25, 0.3) is 11.7 Å². The number of pyridine rings is 1. The summed E-state index contributed by atoms with van der Waals surface area (Å²) >= 11 is 0. The first-order chi connectivity index (χ1) is 17.3. The van der Waals surface area contributed by atoms with Crippen LogP contribution in [0.5, 0.6) is 5.75 Å². The number of amides is 1. The molecule has 186 valence electrons. The molecule has 4 rings (SSSR count). The highest BCUT2D eigenvalue weighted by molar-refractivity contribution is 6.46. The average molecular weight is 485 g/mol. The third kappa shape index (κ3) is 5.03. The van der Waals surface area contributed by atoms with Gasteiger partial charge in [-0.15, -0.1) is 0 Å². The van der Waals surface area contributed by atoms with Crippen molar-refractivity contribution in [1.29, 1.82) is 0 Å². The Morgan fingerprint density at radius 3 is 2.47 bits per heavy atom. The number of ether oxygens (including phenoxy) is 1. The van der Waals surface area contributed by atoms with Gasteiger partial charge in [-0.2, -0.15) is 0 Å². The molecule has 1 aromatic heterocycles. The SMILES string of the molecule is CCCOc1ccc(C(O)=C2C(=O)C(=O)N(Cc3cccnc3)C2c2ccc(C(C)C)cc2)c(C)c1. The zero-order chi connectivity index (χ0) is 25.8. The number of nitrogens with zero attached hydrogens (tertiary/aromatic N) is 2. The first-order valence-electron chi connectivity index (χ1n) is 12.3. The van der Waals surface area contributed by atoms with Crippen LogP contribution in [0.25, 0.3) is 5.76 Å². The summed E-state index contributed by atoms with van der Waals surface area (Å²) in [5, 5.41) is 11.4. The molecule has 2 heterocycles. The molecule has 0 saturated carbocycles. The minimum Gasteiger partial charge on any atom is -0.507 e. The molecule has 2 aromatic carbocycles. The highest BCUT2D eigenvalue weighted by atomic mass is 16.5. The number of carbonyl (C=O) groups excluding carboxylic acids is 2. The maximum atomic E-state index is 13.3. The van der Waals surface area contributed by atoms with Crippen molar-refractivity contribution in [2.75, 3.05) is 6.61 Å². The Morgan fingerprint density at radius 1 is 1.11 bits per heavy atom. The molecule has 1 aliphatic heterocycles. The fourth-order valence-electron chi connectivity index (χ4n) is 4.50. The Hall–Kier alpha value is -3.93. The van der Waals surface area contributed by atoms with E-state index in [1.54, 1.807) is 30.6 Å². The van der Waals surface area contributed by atoms with Crippen molar-refractivity contribution in [3.63, 3.8) is 0 Å². The lowest BCUT2D eigenvalue weighted by molar-refractivity contribution is -0.140. The second kappa shape index (κ2) is 10.8. The van der Waals surface area contributed by atoms with Gasteiger partial charge in [0, 0.05) is 24.5 Å². The smallest absolute Gasteiger partial charge is 0.295 e. The Kier molecular flexibility index (Phi) is 7.53. The normalized spacial score (nSPS) is 17.1. The monoisotopic (exact) mass is 484 g/mol. The van der Waals surface area contributed by atoms with E-state index in [0.29, 0.717) is 23.8 Å². The Morgan fingerprint density at radius 2 is 1.86 bits per heavy atom. The van der Waals surface area contributed by atoms with Crippen molar-refractivity contribution in [2.45, 2.75) is 52.6 Å². The number of carbonyl (C=O) groups is 2. The van der Waals surface area contributed by atoms with Gasteiger partial charge in [0.1, 0.15) is 11.5 Å². The summed E-state index contributed by atoms with van der Waals surface area (Å²) in [6.07, 6.45) is 4.23. The molecular formula is C30H32N2O4. The second-order valence-corrected chi connectivity index (χ2v) is 9.43. The summed E-state index contributed by atoms with van der Waals surface area (Å²) in [5.41, 5.74) is 4.07. The van der Waals surface area contributed by atoms with E-state index < -0.39 is 17.7 Å². The Bertz CT molecular complexity index is 1280. The van der Waals surface area contributed by atoms with Crippen LogP contribution in [0.4, 0.5) is 0 Å². The van der Waals surface area contributed by atoms with Gasteiger partial charge in [-0.05, 0) is 65.8 Å². The predicted octanol–water partition coefficient (Wildman–Crippen LogP) is 5.92. The second-order valence-electron chi connectivity index (χ2n) is 9.43. The molecule has 6 heteroatoms. The van der Waals surface area contributed by atoms with E-state index in [0.717, 1.165) is 28.7 Å². The van der Waals surface area contributed by atoms with Crippen molar-refractivity contribution >= 4 is 17.4 Å². The molecule has 1 N–H and O–H groups in total. The molecule has 6 nitrogen and oxygen atoms in total. The van der Waals surface area contributed by atoms with E-state index in [2.05, 4.69) is 18.8 Å². The van der Waals surface area contributed by atoms with Crippen LogP contribution in [0.3, 0.4) is 0 Å². The van der Waals surface area contributed by atoms with Crippen LogP contribution in [0, 0.1) is 6.92 Å². The van der Waals surface area contributed by atoms with E-state index in [1.807, 2.05) is 50.2 Å². The molecule has 1 amide bonds. The molecule has 1 aliphatic rings. The molecule has 0 radical (unpaired) electrons. The quantitative estimate of drug-likeness (QED) is 0.244. The third-order valence-electron chi connectivity index (χ3n) is 6.46.